The molecular weight excluding hydrogens is 306 g/mol. The molecule has 1 unspecified atom stereocenters. The number of carbonyl (C=O) groups excluding carboxylic acids is 1. The van der Waals surface area contributed by atoms with E-state index in [0.717, 1.165) is 17.3 Å². The lowest BCUT2D eigenvalue weighted by Gasteiger charge is -2.22. The van der Waals surface area contributed by atoms with Gasteiger partial charge in [0.05, 0.1) is 6.10 Å². The fourth-order valence-corrected chi connectivity index (χ4v) is 2.98. The molecule has 0 aromatic heterocycles. The predicted octanol–water partition coefficient (Wildman–Crippen LogP) is 2.61. The first-order valence-electron chi connectivity index (χ1n) is 6.82. The van der Waals surface area contributed by atoms with Gasteiger partial charge in [-0.05, 0) is 30.9 Å². The van der Waals surface area contributed by atoms with Crippen LogP contribution in [0.25, 0.3) is 0 Å². The summed E-state index contributed by atoms with van der Waals surface area (Å²) in [5.74, 6) is 0.179. The number of likely N-dealkylation sites (tertiary alicyclic amines) is 1. The van der Waals surface area contributed by atoms with Crippen LogP contribution in [-0.4, -0.2) is 35.1 Å². The standard InChI is InChI=1S/C15H20BrNO2/c1-2-11(9-12-5-3-4-6-14(12)16)15(19)17-8-7-13(18)10-17/h3-6,11,13,18H,2,7-10H2,1H3/t11?,13-/m1/s1. The van der Waals surface area contributed by atoms with Gasteiger partial charge >= 0.3 is 0 Å². The lowest BCUT2D eigenvalue weighted by Crippen LogP contribution is -2.35. The first-order valence-corrected chi connectivity index (χ1v) is 7.61. The average Bonchev–Trinajstić information content (AvgIpc) is 2.84. The second kappa shape index (κ2) is 6.53. The molecule has 1 aromatic rings. The van der Waals surface area contributed by atoms with Crippen LogP contribution in [0.2, 0.25) is 0 Å². The first kappa shape index (κ1) is 14.5. The van der Waals surface area contributed by atoms with Gasteiger partial charge in [0.15, 0.2) is 0 Å². The van der Waals surface area contributed by atoms with Crippen LogP contribution < -0.4 is 0 Å². The Bertz CT molecular complexity index is 450. The SMILES string of the molecule is CCC(Cc1ccccc1Br)C(=O)N1CC[C@@H](O)C1. The smallest absolute Gasteiger partial charge is 0.226 e. The van der Waals surface area contributed by atoms with Gasteiger partial charge in [-0.2, -0.15) is 0 Å². The van der Waals surface area contributed by atoms with E-state index in [1.165, 1.54) is 5.56 Å². The number of aliphatic hydroxyl groups excluding tert-OH is 1. The first-order chi connectivity index (χ1) is 9.11. The largest absolute Gasteiger partial charge is 0.391 e. The molecule has 1 fully saturated rings. The third-order valence-corrected chi connectivity index (χ3v) is 4.51. The quantitative estimate of drug-likeness (QED) is 0.924. The highest BCUT2D eigenvalue weighted by atomic mass is 79.9. The zero-order chi connectivity index (χ0) is 13.8. The van der Waals surface area contributed by atoms with Crippen molar-refractivity contribution < 1.29 is 9.90 Å². The number of hydrogen-bond donors (Lipinski definition) is 1. The molecule has 2 rings (SSSR count). The number of carbonyl (C=O) groups is 1. The molecule has 0 saturated carbocycles. The molecule has 104 valence electrons. The Morgan fingerprint density at radius 3 is 2.84 bits per heavy atom. The Balaban J connectivity index is 2.04. The van der Waals surface area contributed by atoms with Crippen molar-refractivity contribution in [3.8, 4) is 0 Å². The Morgan fingerprint density at radius 2 is 2.26 bits per heavy atom. The van der Waals surface area contributed by atoms with Crippen LogP contribution in [0.5, 0.6) is 0 Å². The molecule has 19 heavy (non-hydrogen) atoms. The molecule has 2 atom stereocenters. The van der Waals surface area contributed by atoms with Crippen molar-refractivity contribution in [1.82, 2.24) is 4.90 Å². The Kier molecular flexibility index (Phi) is 4.99. The van der Waals surface area contributed by atoms with Crippen molar-refractivity contribution in [3.63, 3.8) is 0 Å². The monoisotopic (exact) mass is 325 g/mol. The average molecular weight is 326 g/mol. The summed E-state index contributed by atoms with van der Waals surface area (Å²) in [6, 6.07) is 8.04. The Labute approximate surface area is 122 Å². The number of aliphatic hydroxyl groups is 1. The molecule has 1 N–H and O–H groups in total. The number of nitrogens with zero attached hydrogens (tertiary/aromatic N) is 1. The lowest BCUT2D eigenvalue weighted by molar-refractivity contribution is -0.134. The number of amides is 1. The van der Waals surface area contributed by atoms with E-state index >= 15 is 0 Å². The van der Waals surface area contributed by atoms with Gasteiger partial charge in [0.1, 0.15) is 0 Å². The van der Waals surface area contributed by atoms with Crippen molar-refractivity contribution >= 4 is 21.8 Å². The summed E-state index contributed by atoms with van der Waals surface area (Å²) in [6.07, 6.45) is 1.94. The highest BCUT2D eigenvalue weighted by molar-refractivity contribution is 9.10. The number of benzene rings is 1. The summed E-state index contributed by atoms with van der Waals surface area (Å²) in [5, 5.41) is 9.54. The van der Waals surface area contributed by atoms with Crippen LogP contribution in [0.1, 0.15) is 25.3 Å². The highest BCUT2D eigenvalue weighted by Gasteiger charge is 2.29. The van der Waals surface area contributed by atoms with Crippen LogP contribution in [0.3, 0.4) is 0 Å². The fourth-order valence-electron chi connectivity index (χ4n) is 2.54. The van der Waals surface area contributed by atoms with Gasteiger partial charge in [-0.25, -0.2) is 0 Å². The molecule has 0 aliphatic carbocycles. The van der Waals surface area contributed by atoms with E-state index in [0.29, 0.717) is 19.5 Å². The van der Waals surface area contributed by atoms with Crippen LogP contribution in [0.4, 0.5) is 0 Å². The minimum absolute atomic E-state index is 0.00370. The van der Waals surface area contributed by atoms with E-state index in [4.69, 9.17) is 0 Å². The zero-order valence-corrected chi connectivity index (χ0v) is 12.8. The predicted molar refractivity (Wildman–Crippen MR) is 78.8 cm³/mol. The molecule has 1 aliphatic rings. The molecule has 1 amide bonds. The maximum absolute atomic E-state index is 12.4. The minimum Gasteiger partial charge on any atom is -0.391 e. The van der Waals surface area contributed by atoms with Gasteiger partial charge < -0.3 is 10.0 Å². The summed E-state index contributed by atoms with van der Waals surface area (Å²) in [5.41, 5.74) is 1.17. The van der Waals surface area contributed by atoms with E-state index in [2.05, 4.69) is 22.0 Å². The molecule has 1 saturated heterocycles. The van der Waals surface area contributed by atoms with Crippen molar-refractivity contribution in [2.75, 3.05) is 13.1 Å². The molecule has 1 aliphatic heterocycles. The van der Waals surface area contributed by atoms with Gasteiger partial charge in [-0.15, -0.1) is 0 Å². The van der Waals surface area contributed by atoms with Gasteiger partial charge in [0.25, 0.3) is 0 Å². The number of hydrogen-bond acceptors (Lipinski definition) is 2. The zero-order valence-electron chi connectivity index (χ0n) is 11.2. The molecule has 1 aromatic carbocycles. The van der Waals surface area contributed by atoms with Gasteiger partial charge in [-0.3, -0.25) is 4.79 Å². The summed E-state index contributed by atoms with van der Waals surface area (Å²) < 4.78 is 1.06. The van der Waals surface area contributed by atoms with E-state index in [1.54, 1.807) is 4.90 Å². The van der Waals surface area contributed by atoms with Gasteiger partial charge in [0.2, 0.25) is 5.91 Å². The second-order valence-corrected chi connectivity index (χ2v) is 5.98. The summed E-state index contributed by atoms with van der Waals surface area (Å²) >= 11 is 3.53. The van der Waals surface area contributed by atoms with Crippen molar-refractivity contribution in [1.29, 1.82) is 0 Å². The van der Waals surface area contributed by atoms with Crippen LogP contribution in [-0.2, 0) is 11.2 Å². The number of β-amino-alcohol motifs (C(OH)–C–C–N with tert-alkyl or cyclic N) is 1. The van der Waals surface area contributed by atoms with Gasteiger partial charge in [0, 0.05) is 23.5 Å². The van der Waals surface area contributed by atoms with E-state index in [-0.39, 0.29) is 17.9 Å². The Hall–Kier alpha value is -0.870. The molecule has 0 bridgehead atoms. The van der Waals surface area contributed by atoms with Crippen molar-refractivity contribution in [2.45, 2.75) is 32.3 Å². The summed E-state index contributed by atoms with van der Waals surface area (Å²) in [4.78, 5) is 14.2. The maximum Gasteiger partial charge on any atom is 0.226 e. The molecular formula is C15H20BrNO2. The van der Waals surface area contributed by atoms with Gasteiger partial charge in [-0.1, -0.05) is 41.1 Å². The molecule has 0 spiro atoms. The topological polar surface area (TPSA) is 40.5 Å². The normalized spacial score (nSPS) is 20.6. The molecule has 4 heteroatoms. The number of rotatable bonds is 4. The maximum atomic E-state index is 12.4. The minimum atomic E-state index is -0.343. The lowest BCUT2D eigenvalue weighted by atomic mass is 9.95. The summed E-state index contributed by atoms with van der Waals surface area (Å²) in [6.45, 7) is 3.23. The third kappa shape index (κ3) is 3.57. The highest BCUT2D eigenvalue weighted by Crippen LogP contribution is 2.23. The van der Waals surface area contributed by atoms with Crippen LogP contribution >= 0.6 is 15.9 Å². The van der Waals surface area contributed by atoms with Crippen LogP contribution in [0, 0.1) is 5.92 Å². The third-order valence-electron chi connectivity index (χ3n) is 3.74. The molecule has 0 radical (unpaired) electrons. The second-order valence-electron chi connectivity index (χ2n) is 5.13. The van der Waals surface area contributed by atoms with Crippen molar-refractivity contribution in [3.05, 3.63) is 34.3 Å². The van der Waals surface area contributed by atoms with E-state index in [9.17, 15) is 9.90 Å². The van der Waals surface area contributed by atoms with E-state index < -0.39 is 0 Å². The van der Waals surface area contributed by atoms with Crippen LogP contribution in [0.15, 0.2) is 28.7 Å². The molecule has 1 heterocycles. The Morgan fingerprint density at radius 1 is 1.53 bits per heavy atom. The van der Waals surface area contributed by atoms with E-state index in [1.807, 2.05) is 25.1 Å². The summed E-state index contributed by atoms with van der Waals surface area (Å²) in [7, 11) is 0. The fraction of sp³-hybridized carbons (Fsp3) is 0.533. The number of halogens is 1. The molecule has 3 nitrogen and oxygen atoms in total. The van der Waals surface area contributed by atoms with Crippen molar-refractivity contribution in [2.24, 2.45) is 5.92 Å².